The van der Waals surface area contributed by atoms with Crippen molar-refractivity contribution in [3.8, 4) is 0 Å². The highest BCUT2D eigenvalue weighted by molar-refractivity contribution is 5.76. The van der Waals surface area contributed by atoms with Crippen molar-refractivity contribution in [1.82, 2.24) is 5.32 Å². The molecule has 0 fully saturated rings. The van der Waals surface area contributed by atoms with Crippen molar-refractivity contribution in [1.29, 1.82) is 0 Å². The molecule has 0 aromatic rings. The number of amides is 1. The van der Waals surface area contributed by atoms with E-state index in [1.807, 2.05) is 6.92 Å². The third-order valence-corrected chi connectivity index (χ3v) is 2.02. The minimum atomic E-state index is 0.110. The molecule has 0 saturated carbocycles. The lowest BCUT2D eigenvalue weighted by Gasteiger charge is -2.10. The molecular formula is C10H22N2O. The van der Waals surface area contributed by atoms with E-state index in [1.54, 1.807) is 0 Å². The molecule has 0 aromatic heterocycles. The summed E-state index contributed by atoms with van der Waals surface area (Å²) in [7, 11) is 0. The zero-order valence-electron chi connectivity index (χ0n) is 8.81. The molecular weight excluding hydrogens is 164 g/mol. The summed E-state index contributed by atoms with van der Waals surface area (Å²) in [5.41, 5.74) is 5.38. The molecule has 0 spiro atoms. The molecule has 3 nitrogen and oxygen atoms in total. The van der Waals surface area contributed by atoms with Crippen LogP contribution in [0.15, 0.2) is 0 Å². The summed E-state index contributed by atoms with van der Waals surface area (Å²) in [4.78, 5) is 11.2. The summed E-state index contributed by atoms with van der Waals surface area (Å²) < 4.78 is 0. The fourth-order valence-electron chi connectivity index (χ4n) is 1.12. The molecule has 0 saturated heterocycles. The predicted octanol–water partition coefficient (Wildman–Crippen LogP) is 1.42. The smallest absolute Gasteiger partial charge is 0.220 e. The maximum absolute atomic E-state index is 11.2. The van der Waals surface area contributed by atoms with E-state index in [2.05, 4.69) is 12.2 Å². The second-order valence-corrected chi connectivity index (χ2v) is 3.51. The van der Waals surface area contributed by atoms with Crippen molar-refractivity contribution in [2.24, 2.45) is 5.73 Å². The Hall–Kier alpha value is -0.570. The molecule has 0 aromatic carbocycles. The van der Waals surface area contributed by atoms with Gasteiger partial charge in [-0.1, -0.05) is 26.2 Å². The summed E-state index contributed by atoms with van der Waals surface area (Å²) in [5, 5.41) is 2.84. The van der Waals surface area contributed by atoms with E-state index < -0.39 is 0 Å². The molecule has 1 atom stereocenters. The quantitative estimate of drug-likeness (QED) is 0.591. The molecule has 0 aliphatic carbocycles. The average molecular weight is 186 g/mol. The highest BCUT2D eigenvalue weighted by atomic mass is 16.1. The summed E-state index contributed by atoms with van der Waals surface area (Å²) in [5.74, 6) is 0.133. The lowest BCUT2D eigenvalue weighted by molar-refractivity contribution is -0.121. The van der Waals surface area contributed by atoms with Crippen LogP contribution in [-0.4, -0.2) is 18.5 Å². The third-order valence-electron chi connectivity index (χ3n) is 2.02. The molecule has 0 heterocycles. The Bertz CT molecular complexity index is 137. The van der Waals surface area contributed by atoms with Gasteiger partial charge in [-0.15, -0.1) is 0 Å². The Morgan fingerprint density at radius 2 is 2.08 bits per heavy atom. The van der Waals surface area contributed by atoms with Crippen LogP contribution in [0.25, 0.3) is 0 Å². The predicted molar refractivity (Wildman–Crippen MR) is 55.4 cm³/mol. The van der Waals surface area contributed by atoms with Crippen molar-refractivity contribution in [2.75, 3.05) is 6.54 Å². The summed E-state index contributed by atoms with van der Waals surface area (Å²) in [6.07, 6.45) is 5.22. The van der Waals surface area contributed by atoms with Gasteiger partial charge in [-0.25, -0.2) is 0 Å². The van der Waals surface area contributed by atoms with Gasteiger partial charge in [0.05, 0.1) is 0 Å². The van der Waals surface area contributed by atoms with E-state index in [9.17, 15) is 4.79 Å². The Labute approximate surface area is 81.1 Å². The first-order chi connectivity index (χ1) is 6.20. The van der Waals surface area contributed by atoms with E-state index in [1.165, 1.54) is 12.8 Å². The zero-order valence-corrected chi connectivity index (χ0v) is 8.81. The number of unbranched alkanes of at least 4 members (excludes halogenated alkanes) is 3. The minimum absolute atomic E-state index is 0.110. The van der Waals surface area contributed by atoms with Crippen LogP contribution in [0.2, 0.25) is 0 Å². The second-order valence-electron chi connectivity index (χ2n) is 3.51. The zero-order chi connectivity index (χ0) is 10.1. The van der Waals surface area contributed by atoms with Gasteiger partial charge in [0.2, 0.25) is 5.91 Å². The van der Waals surface area contributed by atoms with Crippen LogP contribution in [0.5, 0.6) is 0 Å². The van der Waals surface area contributed by atoms with Gasteiger partial charge >= 0.3 is 0 Å². The SMILES string of the molecule is CCCCCCC(=O)N[C@H](C)CN. The molecule has 3 N–H and O–H groups in total. The fraction of sp³-hybridized carbons (Fsp3) is 0.900. The van der Waals surface area contributed by atoms with E-state index in [4.69, 9.17) is 5.73 Å². The molecule has 13 heavy (non-hydrogen) atoms. The number of nitrogens with one attached hydrogen (secondary N) is 1. The first-order valence-electron chi connectivity index (χ1n) is 5.20. The van der Waals surface area contributed by atoms with Gasteiger partial charge in [0.1, 0.15) is 0 Å². The normalized spacial score (nSPS) is 12.5. The molecule has 0 unspecified atom stereocenters. The van der Waals surface area contributed by atoms with Crippen LogP contribution < -0.4 is 11.1 Å². The molecule has 1 amide bonds. The standard InChI is InChI=1S/C10H22N2O/c1-3-4-5-6-7-10(13)12-9(2)8-11/h9H,3-8,11H2,1-2H3,(H,12,13)/t9-/m1/s1. The van der Waals surface area contributed by atoms with E-state index in [0.29, 0.717) is 13.0 Å². The maximum Gasteiger partial charge on any atom is 0.220 e. The van der Waals surface area contributed by atoms with Gasteiger partial charge in [0.25, 0.3) is 0 Å². The van der Waals surface area contributed by atoms with Gasteiger partial charge in [0.15, 0.2) is 0 Å². The molecule has 0 rings (SSSR count). The largest absolute Gasteiger partial charge is 0.352 e. The first-order valence-corrected chi connectivity index (χ1v) is 5.20. The number of carbonyl (C=O) groups excluding carboxylic acids is 1. The maximum atomic E-state index is 11.2. The Morgan fingerprint density at radius 3 is 2.62 bits per heavy atom. The van der Waals surface area contributed by atoms with Gasteiger partial charge in [-0.3, -0.25) is 4.79 Å². The Morgan fingerprint density at radius 1 is 1.38 bits per heavy atom. The summed E-state index contributed by atoms with van der Waals surface area (Å²) in [6.45, 7) is 4.60. The third kappa shape index (κ3) is 7.78. The lowest BCUT2D eigenvalue weighted by Crippen LogP contribution is -2.37. The fourth-order valence-corrected chi connectivity index (χ4v) is 1.12. The summed E-state index contributed by atoms with van der Waals surface area (Å²) >= 11 is 0. The van der Waals surface area contributed by atoms with Crippen LogP contribution >= 0.6 is 0 Å². The van der Waals surface area contributed by atoms with Gasteiger partial charge in [0, 0.05) is 19.0 Å². The highest BCUT2D eigenvalue weighted by Gasteiger charge is 2.04. The van der Waals surface area contributed by atoms with Crippen molar-refractivity contribution in [2.45, 2.75) is 52.0 Å². The molecule has 0 aliphatic heterocycles. The van der Waals surface area contributed by atoms with Crippen molar-refractivity contribution >= 4 is 5.91 Å². The Kier molecular flexibility index (Phi) is 7.69. The number of rotatable bonds is 7. The van der Waals surface area contributed by atoms with E-state index in [-0.39, 0.29) is 11.9 Å². The number of hydrogen-bond donors (Lipinski definition) is 2. The van der Waals surface area contributed by atoms with Gasteiger partial charge < -0.3 is 11.1 Å². The minimum Gasteiger partial charge on any atom is -0.352 e. The number of carbonyl (C=O) groups is 1. The van der Waals surface area contributed by atoms with Crippen LogP contribution in [0.4, 0.5) is 0 Å². The second kappa shape index (κ2) is 8.05. The molecule has 0 radical (unpaired) electrons. The molecule has 0 aliphatic rings. The molecule has 3 heteroatoms. The van der Waals surface area contributed by atoms with Crippen molar-refractivity contribution in [3.05, 3.63) is 0 Å². The lowest BCUT2D eigenvalue weighted by atomic mass is 10.1. The number of nitrogens with two attached hydrogens (primary N) is 1. The highest BCUT2D eigenvalue weighted by Crippen LogP contribution is 2.02. The molecule has 0 bridgehead atoms. The Balaban J connectivity index is 3.30. The topological polar surface area (TPSA) is 55.1 Å². The first kappa shape index (κ1) is 12.4. The van der Waals surface area contributed by atoms with Crippen molar-refractivity contribution < 1.29 is 4.79 Å². The van der Waals surface area contributed by atoms with Crippen molar-refractivity contribution in [3.63, 3.8) is 0 Å². The summed E-state index contributed by atoms with van der Waals surface area (Å²) in [6, 6.07) is 0.110. The van der Waals surface area contributed by atoms with Crippen LogP contribution in [0.1, 0.15) is 46.0 Å². The monoisotopic (exact) mass is 186 g/mol. The van der Waals surface area contributed by atoms with E-state index >= 15 is 0 Å². The van der Waals surface area contributed by atoms with Gasteiger partial charge in [-0.05, 0) is 13.3 Å². The van der Waals surface area contributed by atoms with Crippen LogP contribution in [0, 0.1) is 0 Å². The van der Waals surface area contributed by atoms with Crippen LogP contribution in [0.3, 0.4) is 0 Å². The van der Waals surface area contributed by atoms with Crippen LogP contribution in [-0.2, 0) is 4.79 Å². The number of hydrogen-bond acceptors (Lipinski definition) is 2. The average Bonchev–Trinajstić information content (AvgIpc) is 2.12. The van der Waals surface area contributed by atoms with Gasteiger partial charge in [-0.2, -0.15) is 0 Å². The molecule has 78 valence electrons. The van der Waals surface area contributed by atoms with E-state index in [0.717, 1.165) is 12.8 Å².